The van der Waals surface area contributed by atoms with Crippen LogP contribution >= 0.6 is 24.0 Å². The highest BCUT2D eigenvalue weighted by Gasteiger charge is 2.36. The standard InChI is InChI=1S/C15H21F3N4O2.C10H13F3N4.C10H20N2O2.C5H2ClF3N2.CH4.ClH/c1-14(2,3)24-13(23)22-10-4-9(5-10)6-20-12-8-19-11(7-21-12)15(16,17)18;11-10(12,13)8-4-17-9(5-15-8)16-3-6-1-7(14)2-6;1-10(2,3)14-9(13)12-8-4-7(5-8)6-11;6-4-2-10-3(1-11-4)5(7,8)9;;/h7-10H,4-6H2,1-3H3,(H,20,21)(H,22,23);4-7H,1-3,14H2,(H,16,17);7-8H,4-6,11H2,1-3H3,(H,12,13);1-2H;1H4;1H. The summed E-state index contributed by atoms with van der Waals surface area (Å²) in [6.07, 6.45) is -3.68. The molecule has 3 aliphatic carbocycles. The van der Waals surface area contributed by atoms with Crippen molar-refractivity contribution in [2.24, 2.45) is 29.2 Å². The normalized spacial score (nSPS) is 20.8. The molecule has 0 unspecified atom stereocenters. The minimum Gasteiger partial charge on any atom is -0.444 e. The molecule has 0 radical (unpaired) electrons. The number of ether oxygens (including phenoxy) is 2. The third-order valence-electron chi connectivity index (χ3n) is 9.46. The van der Waals surface area contributed by atoms with Crippen molar-refractivity contribution in [1.82, 2.24) is 40.5 Å². The Morgan fingerprint density at radius 2 is 0.926 bits per heavy atom. The van der Waals surface area contributed by atoms with Crippen LogP contribution in [-0.2, 0) is 28.0 Å². The fourth-order valence-electron chi connectivity index (χ4n) is 6.06. The van der Waals surface area contributed by atoms with E-state index in [1.54, 1.807) is 20.8 Å². The van der Waals surface area contributed by atoms with Gasteiger partial charge >= 0.3 is 30.7 Å². The number of anilines is 2. The first kappa shape index (κ1) is 61.3. The van der Waals surface area contributed by atoms with Gasteiger partial charge in [0.05, 0.1) is 37.2 Å². The molecular formula is C41H61Cl2F9N12O4. The van der Waals surface area contributed by atoms with Crippen molar-refractivity contribution in [3.05, 3.63) is 59.4 Å². The number of nitrogens with two attached hydrogens (primary N) is 2. The Balaban J connectivity index is 0.000000467. The van der Waals surface area contributed by atoms with Gasteiger partial charge in [-0.2, -0.15) is 39.5 Å². The first-order chi connectivity index (χ1) is 30.4. The lowest BCUT2D eigenvalue weighted by Gasteiger charge is -2.36. The molecule has 3 aromatic heterocycles. The van der Waals surface area contributed by atoms with Crippen LogP contribution in [-0.4, -0.2) is 91.1 Å². The molecule has 386 valence electrons. The molecule has 3 aromatic rings. The molecule has 0 spiro atoms. The van der Waals surface area contributed by atoms with Crippen molar-refractivity contribution in [3.8, 4) is 0 Å². The Hall–Kier alpha value is -4.75. The van der Waals surface area contributed by atoms with Crippen molar-refractivity contribution in [2.45, 2.75) is 135 Å². The zero-order valence-electron chi connectivity index (χ0n) is 37.5. The summed E-state index contributed by atoms with van der Waals surface area (Å²) in [6, 6.07) is 0.587. The number of halogens is 11. The highest BCUT2D eigenvalue weighted by Crippen LogP contribution is 2.31. The van der Waals surface area contributed by atoms with Gasteiger partial charge < -0.3 is 42.2 Å². The second kappa shape index (κ2) is 26.3. The average Bonchev–Trinajstić information content (AvgIpc) is 3.14. The van der Waals surface area contributed by atoms with E-state index in [1.807, 2.05) is 20.8 Å². The number of alkyl halides is 9. The Morgan fingerprint density at radius 1 is 0.588 bits per heavy atom. The predicted octanol–water partition coefficient (Wildman–Crippen LogP) is 9.31. The summed E-state index contributed by atoms with van der Waals surface area (Å²) in [5, 5.41) is 11.4. The smallest absolute Gasteiger partial charge is 0.434 e. The second-order valence-electron chi connectivity index (χ2n) is 17.7. The lowest BCUT2D eigenvalue weighted by atomic mass is 9.80. The van der Waals surface area contributed by atoms with Crippen LogP contribution in [0, 0.1) is 17.8 Å². The van der Waals surface area contributed by atoms with E-state index >= 15 is 0 Å². The maximum absolute atomic E-state index is 12.4. The van der Waals surface area contributed by atoms with Crippen molar-refractivity contribution in [1.29, 1.82) is 0 Å². The number of amides is 2. The van der Waals surface area contributed by atoms with Gasteiger partial charge in [0.2, 0.25) is 0 Å². The van der Waals surface area contributed by atoms with E-state index in [0.717, 1.165) is 63.3 Å². The fraction of sp³-hybridized carbons (Fsp3) is 0.659. The summed E-state index contributed by atoms with van der Waals surface area (Å²) < 4.78 is 119. The minimum absolute atomic E-state index is 0. The van der Waals surface area contributed by atoms with Gasteiger partial charge in [-0.25, -0.2) is 39.5 Å². The second-order valence-corrected chi connectivity index (χ2v) is 18.1. The van der Waals surface area contributed by atoms with E-state index in [1.165, 1.54) is 0 Å². The van der Waals surface area contributed by atoms with Crippen molar-refractivity contribution in [2.75, 3.05) is 30.3 Å². The van der Waals surface area contributed by atoms with Gasteiger partial charge in [-0.05, 0) is 104 Å². The van der Waals surface area contributed by atoms with Crippen LogP contribution in [0.25, 0.3) is 0 Å². The van der Waals surface area contributed by atoms with Gasteiger partial charge in [0.25, 0.3) is 0 Å². The zero-order valence-corrected chi connectivity index (χ0v) is 39.0. The number of nitrogens with one attached hydrogen (secondary N) is 4. The highest BCUT2D eigenvalue weighted by molar-refractivity contribution is 6.29. The highest BCUT2D eigenvalue weighted by atomic mass is 35.5. The molecule has 27 heteroatoms. The molecule has 3 heterocycles. The van der Waals surface area contributed by atoms with Crippen molar-refractivity contribution < 1.29 is 58.6 Å². The molecule has 0 atom stereocenters. The van der Waals surface area contributed by atoms with E-state index in [-0.39, 0.29) is 49.2 Å². The summed E-state index contributed by atoms with van der Waals surface area (Å²) in [5.74, 6) is 2.03. The molecule has 3 fully saturated rings. The van der Waals surface area contributed by atoms with E-state index in [4.69, 9.17) is 32.5 Å². The molecule has 6 rings (SSSR count). The number of carbonyl (C=O) groups excluding carboxylic acids is 2. The predicted molar refractivity (Wildman–Crippen MR) is 239 cm³/mol. The quantitative estimate of drug-likeness (QED) is 0.110. The van der Waals surface area contributed by atoms with Gasteiger partial charge in [-0.1, -0.05) is 19.0 Å². The number of hydrogen-bond donors (Lipinski definition) is 6. The lowest BCUT2D eigenvalue weighted by Crippen LogP contribution is -2.47. The Morgan fingerprint density at radius 3 is 1.21 bits per heavy atom. The molecule has 0 bridgehead atoms. The van der Waals surface area contributed by atoms with Gasteiger partial charge in [-0.15, -0.1) is 12.4 Å². The Labute approximate surface area is 400 Å². The summed E-state index contributed by atoms with van der Waals surface area (Å²) in [6.45, 7) is 12.9. The molecule has 2 amide bonds. The minimum atomic E-state index is -4.49. The van der Waals surface area contributed by atoms with Crippen LogP contribution in [0.2, 0.25) is 5.15 Å². The van der Waals surface area contributed by atoms with Crippen LogP contribution in [0.5, 0.6) is 0 Å². The maximum atomic E-state index is 12.4. The van der Waals surface area contributed by atoms with Gasteiger partial charge in [0.15, 0.2) is 17.1 Å². The number of carbonyl (C=O) groups is 2. The van der Waals surface area contributed by atoms with E-state index in [2.05, 4.69) is 51.2 Å². The third-order valence-corrected chi connectivity index (χ3v) is 9.65. The topological polar surface area (TPSA) is 230 Å². The third kappa shape index (κ3) is 23.5. The lowest BCUT2D eigenvalue weighted by molar-refractivity contribution is -0.142. The zero-order chi connectivity index (χ0) is 49.7. The number of alkyl carbamates (subject to hydrolysis) is 2. The molecule has 16 nitrogen and oxygen atoms in total. The van der Waals surface area contributed by atoms with Gasteiger partial charge in [0.1, 0.15) is 28.0 Å². The molecule has 0 saturated heterocycles. The van der Waals surface area contributed by atoms with Gasteiger partial charge in [0, 0.05) is 31.2 Å². The van der Waals surface area contributed by atoms with Crippen LogP contribution < -0.4 is 32.7 Å². The number of hydrogen-bond acceptors (Lipinski definition) is 14. The Bertz CT molecular complexity index is 1940. The van der Waals surface area contributed by atoms with Gasteiger partial charge in [-0.3, -0.25) is 0 Å². The maximum Gasteiger partial charge on any atom is 0.434 e. The van der Waals surface area contributed by atoms with Crippen molar-refractivity contribution >= 4 is 47.8 Å². The van der Waals surface area contributed by atoms with Crippen LogP contribution in [0.3, 0.4) is 0 Å². The molecule has 0 aromatic carbocycles. The summed E-state index contributed by atoms with van der Waals surface area (Å²) in [4.78, 5) is 43.2. The largest absolute Gasteiger partial charge is 0.444 e. The molecule has 3 aliphatic rings. The molecular weight excluding hydrogens is 966 g/mol. The summed E-state index contributed by atoms with van der Waals surface area (Å²) in [7, 11) is 0. The molecule has 8 N–H and O–H groups in total. The summed E-state index contributed by atoms with van der Waals surface area (Å²) in [5.41, 5.74) is 7.13. The monoisotopic (exact) mass is 1030 g/mol. The SMILES string of the molecule is C.CC(C)(C)OC(=O)NC1CC(CN)C1.CC(C)(C)OC(=O)NC1CC(CNc2cnc(C(F)(F)F)cn2)C1.Cl.FC(F)(F)c1cnc(Cl)cn1.NC1CC(CNc2cnc(C(F)(F)F)cn2)C1. The van der Waals surface area contributed by atoms with Crippen LogP contribution in [0.1, 0.15) is 105 Å². The number of nitrogens with zero attached hydrogens (tertiary/aromatic N) is 6. The molecule has 68 heavy (non-hydrogen) atoms. The fourth-order valence-corrected chi connectivity index (χ4v) is 6.15. The van der Waals surface area contributed by atoms with Crippen molar-refractivity contribution in [3.63, 3.8) is 0 Å². The van der Waals surface area contributed by atoms with E-state index < -0.39 is 52.9 Å². The number of rotatable bonds is 9. The van der Waals surface area contributed by atoms with E-state index in [9.17, 15) is 49.1 Å². The molecule has 3 saturated carbocycles. The summed E-state index contributed by atoms with van der Waals surface area (Å²) >= 11 is 5.22. The Kier molecular flexibility index (Phi) is 23.7. The number of aromatic nitrogens is 6. The first-order valence-electron chi connectivity index (χ1n) is 20.6. The van der Waals surface area contributed by atoms with Crippen LogP contribution in [0.15, 0.2) is 37.2 Å². The molecule has 0 aliphatic heterocycles. The van der Waals surface area contributed by atoms with Crippen LogP contribution in [0.4, 0.5) is 60.7 Å². The van der Waals surface area contributed by atoms with E-state index in [0.29, 0.717) is 61.4 Å². The first-order valence-corrected chi connectivity index (χ1v) is 21.0. The average molecular weight is 1030 g/mol.